The van der Waals surface area contributed by atoms with Gasteiger partial charge in [0.05, 0.1) is 0 Å². The Kier molecular flexibility index (Phi) is 12.7. The van der Waals surface area contributed by atoms with Crippen LogP contribution in [0.25, 0.3) is 22.5 Å². The molecule has 1 aromatic heterocycles. The highest BCUT2D eigenvalue weighted by molar-refractivity contribution is 5.66. The highest BCUT2D eigenvalue weighted by atomic mass is 19.4. The van der Waals surface area contributed by atoms with E-state index < -0.39 is 54.4 Å². The van der Waals surface area contributed by atoms with Gasteiger partial charge in [-0.1, -0.05) is 38.3 Å². The lowest BCUT2D eigenvalue weighted by molar-refractivity contribution is -0.440. The number of hydrogen-bond donors (Lipinski definition) is 0. The van der Waals surface area contributed by atoms with E-state index in [1.807, 2.05) is 0 Å². The number of benzene rings is 2. The third kappa shape index (κ3) is 8.86. The molecule has 19 heteroatoms. The summed E-state index contributed by atoms with van der Waals surface area (Å²) in [5.41, 5.74) is 1.22. The molecule has 1 atom stereocenters. The fourth-order valence-corrected chi connectivity index (χ4v) is 4.95. The van der Waals surface area contributed by atoms with Crippen molar-refractivity contribution in [1.29, 1.82) is 0 Å². The Bertz CT molecular complexity index is 1640. The second kappa shape index (κ2) is 16.1. The monoisotopic (exact) mass is 780 g/mol. The summed E-state index contributed by atoms with van der Waals surface area (Å²) in [6.07, 6.45) is 1.68. The van der Waals surface area contributed by atoms with Gasteiger partial charge in [-0.05, 0) is 55.2 Å². The number of alkyl halides is 13. The van der Waals surface area contributed by atoms with Crippen LogP contribution in [0.4, 0.5) is 57.1 Å². The van der Waals surface area contributed by atoms with Crippen molar-refractivity contribution in [2.75, 3.05) is 19.8 Å². The number of rotatable bonds is 19. The molecule has 1 unspecified atom stereocenters. The predicted molar refractivity (Wildman–Crippen MR) is 163 cm³/mol. The number of hydrogen-bond acceptors (Lipinski definition) is 6. The highest BCUT2D eigenvalue weighted by Crippen LogP contribution is 2.60. The van der Waals surface area contributed by atoms with E-state index in [1.165, 1.54) is 18.8 Å². The van der Waals surface area contributed by atoms with Gasteiger partial charge in [0.15, 0.2) is 23.9 Å². The number of aromatic nitrogens is 2. The van der Waals surface area contributed by atoms with E-state index in [2.05, 4.69) is 21.6 Å². The summed E-state index contributed by atoms with van der Waals surface area (Å²) < 4.78 is 195. The zero-order valence-electron chi connectivity index (χ0n) is 27.8. The Morgan fingerprint density at radius 1 is 0.604 bits per heavy atom. The van der Waals surface area contributed by atoms with Crippen LogP contribution in [-0.2, 0) is 4.74 Å². The molecule has 0 spiro atoms. The van der Waals surface area contributed by atoms with Gasteiger partial charge in [-0.3, -0.25) is 0 Å². The van der Waals surface area contributed by atoms with Gasteiger partial charge in [0.1, 0.15) is 5.75 Å². The Hall–Kier alpha value is -4.03. The van der Waals surface area contributed by atoms with Crippen LogP contribution in [0.5, 0.6) is 17.2 Å². The lowest BCUT2D eigenvalue weighted by atomic mass is 9.94. The predicted octanol–water partition coefficient (Wildman–Crippen LogP) is 10.8. The zero-order chi connectivity index (χ0) is 39.3. The van der Waals surface area contributed by atoms with E-state index in [9.17, 15) is 57.1 Å². The van der Waals surface area contributed by atoms with Crippen molar-refractivity contribution in [2.45, 2.75) is 93.9 Å². The zero-order valence-corrected chi connectivity index (χ0v) is 27.8. The largest absolute Gasteiger partial charge is 0.487 e. The van der Waals surface area contributed by atoms with Crippen LogP contribution in [0.2, 0.25) is 0 Å². The maximum Gasteiger partial charge on any atom is 0.460 e. The molecule has 0 saturated heterocycles. The number of fused-ring (bicyclic) bond motifs is 1. The second-order valence-electron chi connectivity index (χ2n) is 12.1. The summed E-state index contributed by atoms with van der Waals surface area (Å²) in [5.74, 6) is -36.8. The summed E-state index contributed by atoms with van der Waals surface area (Å²) in [5, 5.41) is 0. The molecule has 1 aliphatic heterocycles. The average molecular weight is 781 g/mol. The highest BCUT2D eigenvalue weighted by Gasteiger charge is 2.90. The van der Waals surface area contributed by atoms with Crippen LogP contribution in [0, 0.1) is 0 Å². The molecule has 0 aliphatic carbocycles. The minimum Gasteiger partial charge on any atom is -0.487 e. The van der Waals surface area contributed by atoms with Crippen molar-refractivity contribution < 1.29 is 76.0 Å². The maximum atomic E-state index is 14.1. The van der Waals surface area contributed by atoms with E-state index in [-0.39, 0.29) is 5.82 Å². The molecule has 0 saturated carbocycles. The third-order valence-corrected chi connectivity index (χ3v) is 8.10. The molecule has 0 N–H and O–H groups in total. The average Bonchev–Trinajstić information content (AvgIpc) is 3.52. The number of unbranched alkanes of at least 4 members (excludes halogenated alkanes) is 4. The molecule has 6 nitrogen and oxygen atoms in total. The van der Waals surface area contributed by atoms with Gasteiger partial charge in [-0.25, -0.2) is 9.97 Å². The first-order valence-electron chi connectivity index (χ1n) is 16.2. The standard InChI is InChI=1S/C34H33F13N2O4/c1-2-3-4-6-15-50-16-7-5-8-27-52-25-14-11-22(17-26(25)53-27)28-48-18-23(19-49-28)21-9-12-24(13-10-21)51-20-29(35,36)30(37,38)31(39,40)32(41,42)33(43,44)34(45,46)47/h9-14,17-19,27H,2-8,15-16,20H2,1H3. The Labute approximate surface area is 294 Å². The van der Waals surface area contributed by atoms with Gasteiger partial charge < -0.3 is 18.9 Å². The molecular weight excluding hydrogens is 747 g/mol. The van der Waals surface area contributed by atoms with Crippen molar-refractivity contribution in [2.24, 2.45) is 0 Å². The molecule has 0 fully saturated rings. The molecule has 294 valence electrons. The molecular formula is C34H33F13N2O4. The van der Waals surface area contributed by atoms with Crippen LogP contribution >= 0.6 is 0 Å². The van der Waals surface area contributed by atoms with E-state index >= 15 is 0 Å². The molecule has 2 heterocycles. The summed E-state index contributed by atoms with van der Waals surface area (Å²) in [6.45, 7) is 0.745. The van der Waals surface area contributed by atoms with Gasteiger partial charge in [0.25, 0.3) is 0 Å². The molecule has 53 heavy (non-hydrogen) atoms. The number of halogens is 13. The first-order valence-corrected chi connectivity index (χ1v) is 16.2. The SMILES string of the molecule is CCCCCCOCCCCC1Oc2ccc(-c3ncc(-c4ccc(OCC(F)(F)C(F)(F)C(F)(F)C(F)(F)C(F)(F)C(F)(F)F)cc4)cn3)cc2O1. The molecule has 0 radical (unpaired) electrons. The van der Waals surface area contributed by atoms with Crippen molar-refractivity contribution in [3.05, 3.63) is 54.9 Å². The fraction of sp³-hybridized carbons (Fsp3) is 0.529. The molecule has 1 aliphatic rings. The van der Waals surface area contributed by atoms with Crippen molar-refractivity contribution in [3.8, 4) is 39.8 Å². The van der Waals surface area contributed by atoms with Crippen molar-refractivity contribution >= 4 is 0 Å². The smallest absolute Gasteiger partial charge is 0.460 e. The summed E-state index contributed by atoms with van der Waals surface area (Å²) in [4.78, 5) is 8.55. The van der Waals surface area contributed by atoms with Gasteiger partial charge >= 0.3 is 35.8 Å². The van der Waals surface area contributed by atoms with Crippen LogP contribution in [0.15, 0.2) is 54.9 Å². The first kappa shape index (κ1) is 41.7. The van der Waals surface area contributed by atoms with E-state index in [0.717, 1.165) is 63.0 Å². The van der Waals surface area contributed by atoms with E-state index in [1.54, 1.807) is 18.2 Å². The van der Waals surface area contributed by atoms with Gasteiger partial charge in [-0.15, -0.1) is 0 Å². The van der Waals surface area contributed by atoms with Crippen molar-refractivity contribution in [3.63, 3.8) is 0 Å². The van der Waals surface area contributed by atoms with Gasteiger partial charge in [0, 0.05) is 43.2 Å². The van der Waals surface area contributed by atoms with E-state index in [4.69, 9.17) is 14.2 Å². The molecule has 4 rings (SSSR count). The van der Waals surface area contributed by atoms with Crippen LogP contribution in [-0.4, -0.2) is 71.9 Å². The van der Waals surface area contributed by atoms with Crippen LogP contribution in [0.3, 0.4) is 0 Å². The first-order chi connectivity index (χ1) is 24.7. The fourth-order valence-electron chi connectivity index (χ4n) is 4.95. The summed E-state index contributed by atoms with van der Waals surface area (Å²) in [6, 6.07) is 9.16. The van der Waals surface area contributed by atoms with Crippen LogP contribution in [0.1, 0.15) is 51.9 Å². The molecule has 3 aromatic rings. The lowest BCUT2D eigenvalue weighted by Gasteiger charge is -2.39. The molecule has 0 amide bonds. The molecule has 0 bridgehead atoms. The van der Waals surface area contributed by atoms with Crippen molar-refractivity contribution in [1.82, 2.24) is 9.97 Å². The number of ether oxygens (including phenoxy) is 4. The third-order valence-electron chi connectivity index (χ3n) is 8.10. The minimum atomic E-state index is -7.97. The van der Waals surface area contributed by atoms with Gasteiger partial charge in [0.2, 0.25) is 6.29 Å². The normalized spacial score (nSPS) is 15.5. The Morgan fingerprint density at radius 3 is 1.77 bits per heavy atom. The Morgan fingerprint density at radius 2 is 1.17 bits per heavy atom. The minimum absolute atomic E-state index is 0.276. The maximum absolute atomic E-state index is 14.1. The lowest BCUT2D eigenvalue weighted by Crippen LogP contribution is -2.70. The second-order valence-corrected chi connectivity index (χ2v) is 12.1. The van der Waals surface area contributed by atoms with Crippen LogP contribution < -0.4 is 14.2 Å². The molecule has 2 aromatic carbocycles. The topological polar surface area (TPSA) is 62.7 Å². The summed E-state index contributed by atoms with van der Waals surface area (Å²) in [7, 11) is 0. The Balaban J connectivity index is 1.31. The van der Waals surface area contributed by atoms with Gasteiger partial charge in [-0.2, -0.15) is 57.1 Å². The number of nitrogens with zero attached hydrogens (tertiary/aromatic N) is 2. The quantitative estimate of drug-likeness (QED) is 0.0892. The van der Waals surface area contributed by atoms with E-state index in [0.29, 0.717) is 41.2 Å². The summed E-state index contributed by atoms with van der Waals surface area (Å²) >= 11 is 0.